The first-order valence-electron chi connectivity index (χ1n) is 5.13. The highest BCUT2D eigenvalue weighted by Crippen LogP contribution is 2.34. The van der Waals surface area contributed by atoms with Gasteiger partial charge in [-0.05, 0) is 57.8 Å². The van der Waals surface area contributed by atoms with Crippen LogP contribution >= 0.6 is 31.9 Å². The third kappa shape index (κ3) is 4.77. The summed E-state index contributed by atoms with van der Waals surface area (Å²) in [6.07, 6.45) is 1.30. The lowest BCUT2D eigenvalue weighted by Crippen LogP contribution is -2.21. The van der Waals surface area contributed by atoms with E-state index in [1.54, 1.807) is 26.0 Å². The molecular formula is C12H14Br2O3. The van der Waals surface area contributed by atoms with Gasteiger partial charge in [-0.15, -0.1) is 0 Å². The maximum Gasteiger partial charge on any atom is 0.150 e. The SMILES string of the molecule is CC(C)(O)CCOc1c(Br)cc(C=O)cc1Br. The molecule has 0 aliphatic carbocycles. The molecule has 0 bridgehead atoms. The van der Waals surface area contributed by atoms with Crippen molar-refractivity contribution in [2.24, 2.45) is 0 Å². The van der Waals surface area contributed by atoms with E-state index < -0.39 is 5.60 Å². The molecule has 0 aliphatic heterocycles. The van der Waals surface area contributed by atoms with Gasteiger partial charge in [0.25, 0.3) is 0 Å². The van der Waals surface area contributed by atoms with Crippen LogP contribution in [0.1, 0.15) is 30.6 Å². The number of ether oxygens (including phenoxy) is 1. The number of carbonyl (C=O) groups excluding carboxylic acids is 1. The molecule has 3 nitrogen and oxygen atoms in total. The zero-order chi connectivity index (χ0) is 13.1. The van der Waals surface area contributed by atoms with Crippen LogP contribution in [0, 0.1) is 0 Å². The highest BCUT2D eigenvalue weighted by molar-refractivity contribution is 9.11. The Bertz CT molecular complexity index is 388. The van der Waals surface area contributed by atoms with Gasteiger partial charge in [0.1, 0.15) is 12.0 Å². The summed E-state index contributed by atoms with van der Waals surface area (Å²) in [4.78, 5) is 10.7. The molecular weight excluding hydrogens is 352 g/mol. The van der Waals surface area contributed by atoms with Crippen LogP contribution in [0.2, 0.25) is 0 Å². The Hall–Kier alpha value is -0.390. The summed E-state index contributed by atoms with van der Waals surface area (Å²) in [7, 11) is 0. The minimum absolute atomic E-state index is 0.404. The van der Waals surface area contributed by atoms with Crippen molar-refractivity contribution in [2.75, 3.05) is 6.61 Å². The third-order valence-electron chi connectivity index (χ3n) is 2.12. The second kappa shape index (κ2) is 5.98. The third-order valence-corrected chi connectivity index (χ3v) is 3.30. The first-order valence-corrected chi connectivity index (χ1v) is 6.71. The zero-order valence-corrected chi connectivity index (χ0v) is 12.8. The first-order chi connectivity index (χ1) is 7.83. The van der Waals surface area contributed by atoms with E-state index in [1.165, 1.54) is 0 Å². The van der Waals surface area contributed by atoms with Gasteiger partial charge in [-0.1, -0.05) is 0 Å². The van der Waals surface area contributed by atoms with Gasteiger partial charge in [-0.3, -0.25) is 4.79 Å². The smallest absolute Gasteiger partial charge is 0.150 e. The van der Waals surface area contributed by atoms with Crippen molar-refractivity contribution in [3.63, 3.8) is 0 Å². The molecule has 0 fully saturated rings. The van der Waals surface area contributed by atoms with Crippen molar-refractivity contribution < 1.29 is 14.6 Å². The summed E-state index contributed by atoms with van der Waals surface area (Å²) in [5.74, 6) is 0.639. The van der Waals surface area contributed by atoms with Crippen molar-refractivity contribution in [1.82, 2.24) is 0 Å². The van der Waals surface area contributed by atoms with E-state index in [4.69, 9.17) is 4.74 Å². The van der Waals surface area contributed by atoms with Crippen LogP contribution < -0.4 is 4.74 Å². The average Bonchev–Trinajstić information content (AvgIpc) is 2.20. The monoisotopic (exact) mass is 364 g/mol. The van der Waals surface area contributed by atoms with E-state index in [1.807, 2.05) is 0 Å². The molecule has 0 amide bonds. The van der Waals surface area contributed by atoms with Crippen molar-refractivity contribution in [1.29, 1.82) is 0 Å². The zero-order valence-electron chi connectivity index (χ0n) is 9.67. The highest BCUT2D eigenvalue weighted by Gasteiger charge is 2.14. The Morgan fingerprint density at radius 2 is 1.88 bits per heavy atom. The van der Waals surface area contributed by atoms with Gasteiger partial charge in [-0.25, -0.2) is 0 Å². The molecule has 1 aromatic carbocycles. The Morgan fingerprint density at radius 3 is 2.29 bits per heavy atom. The van der Waals surface area contributed by atoms with Crippen molar-refractivity contribution >= 4 is 38.1 Å². The summed E-state index contributed by atoms with van der Waals surface area (Å²) in [6, 6.07) is 3.38. The van der Waals surface area contributed by atoms with Crippen LogP contribution in [0.15, 0.2) is 21.1 Å². The minimum Gasteiger partial charge on any atom is -0.491 e. The quantitative estimate of drug-likeness (QED) is 0.811. The molecule has 0 saturated carbocycles. The molecule has 0 unspecified atom stereocenters. The van der Waals surface area contributed by atoms with E-state index in [2.05, 4.69) is 31.9 Å². The lowest BCUT2D eigenvalue weighted by molar-refractivity contribution is 0.0551. The number of hydrogen-bond acceptors (Lipinski definition) is 3. The first kappa shape index (κ1) is 14.7. The number of benzene rings is 1. The molecule has 0 aliphatic rings. The summed E-state index contributed by atoms with van der Waals surface area (Å²) < 4.78 is 7.00. The molecule has 1 rings (SSSR count). The van der Waals surface area contributed by atoms with Crippen LogP contribution in [-0.4, -0.2) is 23.6 Å². The topological polar surface area (TPSA) is 46.5 Å². The summed E-state index contributed by atoms with van der Waals surface area (Å²) in [5, 5.41) is 9.57. The molecule has 0 radical (unpaired) electrons. The number of aliphatic hydroxyl groups is 1. The molecule has 5 heteroatoms. The van der Waals surface area contributed by atoms with Crippen LogP contribution in [0.3, 0.4) is 0 Å². The van der Waals surface area contributed by atoms with E-state index in [0.717, 1.165) is 6.29 Å². The van der Waals surface area contributed by atoms with Gasteiger partial charge in [0.05, 0.1) is 21.2 Å². The van der Waals surface area contributed by atoms with Gasteiger partial charge in [0.2, 0.25) is 0 Å². The van der Waals surface area contributed by atoms with Crippen LogP contribution in [0.25, 0.3) is 0 Å². The van der Waals surface area contributed by atoms with Crippen molar-refractivity contribution in [3.05, 3.63) is 26.6 Å². The van der Waals surface area contributed by atoms with E-state index in [0.29, 0.717) is 33.3 Å². The Balaban J connectivity index is 2.75. The fourth-order valence-electron chi connectivity index (χ4n) is 1.19. The maximum absolute atomic E-state index is 10.7. The normalized spacial score (nSPS) is 11.4. The fraction of sp³-hybridized carbons (Fsp3) is 0.417. The molecule has 0 aromatic heterocycles. The Kier molecular flexibility index (Phi) is 5.16. The van der Waals surface area contributed by atoms with Gasteiger partial charge >= 0.3 is 0 Å². The molecule has 0 saturated heterocycles. The molecule has 1 aromatic rings. The number of carbonyl (C=O) groups is 1. The molecule has 17 heavy (non-hydrogen) atoms. The molecule has 0 heterocycles. The summed E-state index contributed by atoms with van der Waals surface area (Å²) in [5.41, 5.74) is -0.180. The van der Waals surface area contributed by atoms with E-state index >= 15 is 0 Å². The lowest BCUT2D eigenvalue weighted by Gasteiger charge is -2.18. The van der Waals surface area contributed by atoms with Crippen molar-refractivity contribution in [3.8, 4) is 5.75 Å². The lowest BCUT2D eigenvalue weighted by atomic mass is 10.1. The van der Waals surface area contributed by atoms with Crippen molar-refractivity contribution in [2.45, 2.75) is 25.9 Å². The van der Waals surface area contributed by atoms with E-state index in [-0.39, 0.29) is 0 Å². The largest absolute Gasteiger partial charge is 0.491 e. The van der Waals surface area contributed by atoms with E-state index in [9.17, 15) is 9.90 Å². The van der Waals surface area contributed by atoms with Gasteiger partial charge in [0, 0.05) is 12.0 Å². The van der Waals surface area contributed by atoms with Crippen LogP contribution in [-0.2, 0) is 0 Å². The Labute approximate surface area is 117 Å². The van der Waals surface area contributed by atoms with Gasteiger partial charge < -0.3 is 9.84 Å². The van der Waals surface area contributed by atoms with Crippen LogP contribution in [0.4, 0.5) is 0 Å². The molecule has 1 N–H and O–H groups in total. The predicted octanol–water partition coefficient (Wildman–Crippen LogP) is 3.56. The van der Waals surface area contributed by atoms with Gasteiger partial charge in [-0.2, -0.15) is 0 Å². The second-order valence-electron chi connectivity index (χ2n) is 4.34. The predicted molar refractivity (Wildman–Crippen MR) is 73.6 cm³/mol. The molecule has 0 atom stereocenters. The van der Waals surface area contributed by atoms with Gasteiger partial charge in [0.15, 0.2) is 0 Å². The minimum atomic E-state index is -0.748. The molecule has 94 valence electrons. The fourth-order valence-corrected chi connectivity index (χ4v) is 2.64. The van der Waals surface area contributed by atoms with Crippen LogP contribution in [0.5, 0.6) is 5.75 Å². The maximum atomic E-state index is 10.7. The molecule has 0 spiro atoms. The summed E-state index contributed by atoms with van der Waals surface area (Å²) >= 11 is 6.69. The number of halogens is 2. The number of hydrogen-bond donors (Lipinski definition) is 1. The number of rotatable bonds is 5. The standard InChI is InChI=1S/C12H14Br2O3/c1-12(2,16)3-4-17-11-9(13)5-8(7-15)6-10(11)14/h5-7,16H,3-4H2,1-2H3. The number of aldehydes is 1. The Morgan fingerprint density at radius 1 is 1.35 bits per heavy atom. The summed E-state index contributed by atoms with van der Waals surface area (Å²) in [6.45, 7) is 3.87. The second-order valence-corrected chi connectivity index (χ2v) is 6.05. The average molecular weight is 366 g/mol. The highest BCUT2D eigenvalue weighted by atomic mass is 79.9.